The van der Waals surface area contributed by atoms with Gasteiger partial charge in [0.1, 0.15) is 28.2 Å². The standard InChI is InChI=1S/C52H31N5O2/c1-3-13-33(14-4-1)49-54-50(34-27-25-32(26-28-34)37-18-11-19-39-38-17-7-10-23-44(38)59-48(37)39)56-51(55-49)41-20-12-24-45-47(41)40-30-29-35(31-46(40)58-45)52-53-42-21-8-9-22-43(42)57(52)36-15-5-2-6-16-36/h1-31H. The summed E-state index contributed by atoms with van der Waals surface area (Å²) in [6.07, 6.45) is 0. The number of imidazole rings is 1. The molecule has 0 saturated carbocycles. The van der Waals surface area contributed by atoms with E-state index in [4.69, 9.17) is 28.8 Å². The van der Waals surface area contributed by atoms with E-state index in [0.29, 0.717) is 17.5 Å². The third-order valence-electron chi connectivity index (χ3n) is 11.1. The lowest BCUT2D eigenvalue weighted by atomic mass is 10.0. The first-order chi connectivity index (χ1) is 29.2. The van der Waals surface area contributed by atoms with Crippen LogP contribution >= 0.6 is 0 Å². The topological polar surface area (TPSA) is 82.8 Å². The van der Waals surface area contributed by atoms with Gasteiger partial charge in [-0.1, -0.05) is 140 Å². The Kier molecular flexibility index (Phi) is 7.40. The lowest BCUT2D eigenvalue weighted by Crippen LogP contribution is -2.00. The van der Waals surface area contributed by atoms with E-state index >= 15 is 0 Å². The SMILES string of the molecule is c1ccc(-c2nc(-c3ccc(-c4cccc5c4oc4ccccc45)cc3)nc(-c3cccc4oc5cc(-c6nc7ccccc7n6-c6ccccc6)ccc5c34)n2)cc1. The predicted octanol–water partition coefficient (Wildman–Crippen LogP) is 13.3. The van der Waals surface area contributed by atoms with Crippen LogP contribution in [-0.4, -0.2) is 24.5 Å². The second-order valence-corrected chi connectivity index (χ2v) is 14.6. The Morgan fingerprint density at radius 2 is 1.00 bits per heavy atom. The Bertz CT molecular complexity index is 3550. The monoisotopic (exact) mass is 757 g/mol. The maximum Gasteiger partial charge on any atom is 0.164 e. The van der Waals surface area contributed by atoms with Crippen molar-refractivity contribution < 1.29 is 8.83 Å². The Hall–Kier alpha value is -8.16. The normalized spacial score (nSPS) is 11.7. The predicted molar refractivity (Wildman–Crippen MR) is 236 cm³/mol. The third kappa shape index (κ3) is 5.44. The van der Waals surface area contributed by atoms with Gasteiger partial charge in [-0.2, -0.15) is 0 Å². The van der Waals surface area contributed by atoms with Crippen LogP contribution in [0, 0.1) is 0 Å². The molecule has 0 aliphatic carbocycles. The molecule has 0 atom stereocenters. The fourth-order valence-corrected chi connectivity index (χ4v) is 8.32. The number of nitrogens with zero attached hydrogens (tertiary/aromatic N) is 5. The Labute approximate surface area is 337 Å². The number of rotatable bonds is 6. The highest BCUT2D eigenvalue weighted by atomic mass is 16.3. The van der Waals surface area contributed by atoms with Crippen LogP contribution in [0.15, 0.2) is 197 Å². The molecular weight excluding hydrogens is 727 g/mol. The molecule has 0 radical (unpaired) electrons. The highest BCUT2D eigenvalue weighted by Gasteiger charge is 2.21. The maximum absolute atomic E-state index is 6.62. The highest BCUT2D eigenvalue weighted by molar-refractivity contribution is 6.13. The number of fused-ring (bicyclic) bond motifs is 7. The molecule has 0 aliphatic heterocycles. The second kappa shape index (κ2) is 13.2. The van der Waals surface area contributed by atoms with Crippen LogP contribution in [0.5, 0.6) is 0 Å². The maximum atomic E-state index is 6.62. The van der Waals surface area contributed by atoms with Crippen molar-refractivity contribution in [1.82, 2.24) is 24.5 Å². The summed E-state index contributed by atoms with van der Waals surface area (Å²) in [6.45, 7) is 0. The molecule has 0 unspecified atom stereocenters. The van der Waals surface area contributed by atoms with Crippen LogP contribution in [-0.2, 0) is 0 Å². The van der Waals surface area contributed by atoms with E-state index in [-0.39, 0.29) is 0 Å². The fraction of sp³-hybridized carbons (Fsp3) is 0. The molecule has 12 aromatic rings. The molecule has 4 heterocycles. The first-order valence-electron chi connectivity index (χ1n) is 19.5. The van der Waals surface area contributed by atoms with E-state index in [9.17, 15) is 0 Å². The van der Waals surface area contributed by atoms with Gasteiger partial charge in [-0.15, -0.1) is 0 Å². The van der Waals surface area contributed by atoms with Gasteiger partial charge in [0.25, 0.3) is 0 Å². The summed E-state index contributed by atoms with van der Waals surface area (Å²) in [6, 6.07) is 63.8. The molecule has 0 fully saturated rings. The molecule has 0 N–H and O–H groups in total. The van der Waals surface area contributed by atoms with Gasteiger partial charge in [0.2, 0.25) is 0 Å². The van der Waals surface area contributed by atoms with E-state index in [0.717, 1.165) is 99.8 Å². The van der Waals surface area contributed by atoms with Gasteiger partial charge in [0, 0.05) is 55.0 Å². The van der Waals surface area contributed by atoms with Crippen LogP contribution in [0.2, 0.25) is 0 Å². The molecule has 0 saturated heterocycles. The van der Waals surface area contributed by atoms with E-state index in [1.54, 1.807) is 0 Å². The first kappa shape index (κ1) is 33.0. The summed E-state index contributed by atoms with van der Waals surface area (Å²) in [5.41, 5.74) is 11.9. The summed E-state index contributed by atoms with van der Waals surface area (Å²) in [4.78, 5) is 20.4. The summed E-state index contributed by atoms with van der Waals surface area (Å²) >= 11 is 0. The molecule has 7 heteroatoms. The highest BCUT2D eigenvalue weighted by Crippen LogP contribution is 2.40. The third-order valence-corrected chi connectivity index (χ3v) is 11.1. The summed E-state index contributed by atoms with van der Waals surface area (Å²) in [7, 11) is 0. The molecule has 12 rings (SSSR count). The van der Waals surface area contributed by atoms with Gasteiger partial charge < -0.3 is 8.83 Å². The minimum absolute atomic E-state index is 0.563. The van der Waals surface area contributed by atoms with Gasteiger partial charge in [-0.05, 0) is 54.1 Å². The number of furan rings is 2. The number of benzene rings is 8. The van der Waals surface area contributed by atoms with Crippen molar-refractivity contribution >= 4 is 54.9 Å². The van der Waals surface area contributed by atoms with Crippen molar-refractivity contribution in [2.75, 3.05) is 0 Å². The zero-order valence-corrected chi connectivity index (χ0v) is 31.5. The zero-order valence-electron chi connectivity index (χ0n) is 31.5. The van der Waals surface area contributed by atoms with Gasteiger partial charge in [-0.25, -0.2) is 19.9 Å². The second-order valence-electron chi connectivity index (χ2n) is 14.6. The van der Waals surface area contributed by atoms with Crippen molar-refractivity contribution in [3.05, 3.63) is 188 Å². The fourth-order valence-electron chi connectivity index (χ4n) is 8.32. The quantitative estimate of drug-likeness (QED) is 0.168. The van der Waals surface area contributed by atoms with Crippen molar-refractivity contribution in [3.63, 3.8) is 0 Å². The Balaban J connectivity index is 0.985. The molecule has 7 nitrogen and oxygen atoms in total. The van der Waals surface area contributed by atoms with Gasteiger partial charge in [-0.3, -0.25) is 4.57 Å². The van der Waals surface area contributed by atoms with Crippen LogP contribution in [0.1, 0.15) is 0 Å². The summed E-state index contributed by atoms with van der Waals surface area (Å²) in [5, 5.41) is 4.11. The van der Waals surface area contributed by atoms with Gasteiger partial charge in [0.05, 0.1) is 11.0 Å². The zero-order chi connectivity index (χ0) is 38.9. The molecule has 0 bridgehead atoms. The number of para-hydroxylation sites is 5. The van der Waals surface area contributed by atoms with E-state index < -0.39 is 0 Å². The summed E-state index contributed by atoms with van der Waals surface area (Å²) in [5.74, 6) is 2.57. The van der Waals surface area contributed by atoms with E-state index in [1.165, 1.54) is 0 Å². The van der Waals surface area contributed by atoms with Gasteiger partial charge >= 0.3 is 0 Å². The van der Waals surface area contributed by atoms with Crippen LogP contribution in [0.4, 0.5) is 0 Å². The number of hydrogen-bond acceptors (Lipinski definition) is 6. The molecule has 4 aromatic heterocycles. The average Bonchev–Trinajstić information content (AvgIpc) is 4.01. The van der Waals surface area contributed by atoms with Crippen molar-refractivity contribution in [1.29, 1.82) is 0 Å². The Morgan fingerprint density at radius 3 is 1.85 bits per heavy atom. The lowest BCUT2D eigenvalue weighted by Gasteiger charge is -2.10. The Morgan fingerprint density at radius 1 is 0.373 bits per heavy atom. The van der Waals surface area contributed by atoms with Crippen LogP contribution < -0.4 is 0 Å². The molecule has 276 valence electrons. The van der Waals surface area contributed by atoms with Crippen molar-refractivity contribution in [2.45, 2.75) is 0 Å². The van der Waals surface area contributed by atoms with Crippen molar-refractivity contribution in [3.8, 4) is 62.4 Å². The van der Waals surface area contributed by atoms with Crippen LogP contribution in [0.3, 0.4) is 0 Å². The molecule has 0 spiro atoms. The molecule has 0 amide bonds. The number of aromatic nitrogens is 5. The van der Waals surface area contributed by atoms with Crippen LogP contribution in [0.25, 0.3) is 117 Å². The average molecular weight is 758 g/mol. The lowest BCUT2D eigenvalue weighted by molar-refractivity contribution is 0.669. The molecule has 8 aromatic carbocycles. The molecular formula is C52H31N5O2. The van der Waals surface area contributed by atoms with Crippen molar-refractivity contribution in [2.24, 2.45) is 0 Å². The number of hydrogen-bond donors (Lipinski definition) is 0. The van der Waals surface area contributed by atoms with E-state index in [1.807, 2.05) is 97.1 Å². The minimum atomic E-state index is 0.563. The molecule has 0 aliphatic rings. The first-order valence-corrected chi connectivity index (χ1v) is 19.5. The van der Waals surface area contributed by atoms with Gasteiger partial charge in [0.15, 0.2) is 17.5 Å². The molecule has 59 heavy (non-hydrogen) atoms. The van der Waals surface area contributed by atoms with E-state index in [2.05, 4.69) is 95.6 Å². The summed E-state index contributed by atoms with van der Waals surface area (Å²) < 4.78 is 15.2. The largest absolute Gasteiger partial charge is 0.456 e. The minimum Gasteiger partial charge on any atom is -0.456 e. The smallest absolute Gasteiger partial charge is 0.164 e.